The van der Waals surface area contributed by atoms with Crippen LogP contribution in [0.1, 0.15) is 24.0 Å². The van der Waals surface area contributed by atoms with Gasteiger partial charge in [-0.1, -0.05) is 48.0 Å². The predicted molar refractivity (Wildman–Crippen MR) is 107 cm³/mol. The molecule has 2 aromatic rings. The zero-order valence-electron chi connectivity index (χ0n) is 16.2. The van der Waals surface area contributed by atoms with Crippen molar-refractivity contribution in [2.45, 2.75) is 43.4 Å². The SMILES string of the molecule is Cc1ccc(S(=O)(=O)OC[C@@H](O)[C@H]2CCCN2C(=O)OCc2ccccc2)cc1. The van der Waals surface area contributed by atoms with Crippen LogP contribution >= 0.6 is 0 Å². The van der Waals surface area contributed by atoms with Crippen molar-refractivity contribution in [2.24, 2.45) is 0 Å². The second-order valence-electron chi connectivity index (χ2n) is 7.06. The lowest BCUT2D eigenvalue weighted by atomic mass is 10.1. The van der Waals surface area contributed by atoms with Crippen LogP contribution in [0, 0.1) is 6.92 Å². The van der Waals surface area contributed by atoms with Crippen molar-refractivity contribution < 1.29 is 27.2 Å². The average Bonchev–Trinajstić information content (AvgIpc) is 3.21. The number of hydrogen-bond acceptors (Lipinski definition) is 6. The molecule has 0 unspecified atom stereocenters. The normalized spacial score (nSPS) is 17.9. The molecular formula is C21H25NO6S. The van der Waals surface area contributed by atoms with Gasteiger partial charge in [0.05, 0.1) is 23.6 Å². The fourth-order valence-electron chi connectivity index (χ4n) is 3.26. The molecule has 0 radical (unpaired) electrons. The number of carbonyl (C=O) groups excluding carboxylic acids is 1. The number of hydrogen-bond donors (Lipinski definition) is 1. The minimum Gasteiger partial charge on any atom is -0.445 e. The highest BCUT2D eigenvalue weighted by molar-refractivity contribution is 7.86. The van der Waals surface area contributed by atoms with Gasteiger partial charge in [0.25, 0.3) is 10.1 Å². The zero-order valence-corrected chi connectivity index (χ0v) is 17.0. The molecule has 0 spiro atoms. The van der Waals surface area contributed by atoms with Crippen LogP contribution in [-0.2, 0) is 25.6 Å². The highest BCUT2D eigenvalue weighted by Gasteiger charge is 2.36. The summed E-state index contributed by atoms with van der Waals surface area (Å²) in [4.78, 5) is 13.9. The summed E-state index contributed by atoms with van der Waals surface area (Å²) in [6, 6.07) is 15.0. The van der Waals surface area contributed by atoms with Crippen molar-refractivity contribution in [3.05, 3.63) is 65.7 Å². The van der Waals surface area contributed by atoms with Crippen LogP contribution < -0.4 is 0 Å². The van der Waals surface area contributed by atoms with Crippen LogP contribution in [0.25, 0.3) is 0 Å². The van der Waals surface area contributed by atoms with Gasteiger partial charge in [-0.2, -0.15) is 8.42 Å². The Hall–Kier alpha value is -2.42. The summed E-state index contributed by atoms with van der Waals surface area (Å²) in [5.74, 6) is 0. The fraction of sp³-hybridized carbons (Fsp3) is 0.381. The number of carbonyl (C=O) groups is 1. The molecule has 1 saturated heterocycles. The number of nitrogens with zero attached hydrogens (tertiary/aromatic N) is 1. The monoisotopic (exact) mass is 419 g/mol. The third-order valence-electron chi connectivity index (χ3n) is 4.89. The standard InChI is InChI=1S/C21H25NO6S/c1-16-9-11-18(12-10-16)29(25,26)28-15-20(23)19-8-5-13-22(19)21(24)27-14-17-6-3-2-4-7-17/h2-4,6-7,9-12,19-20,23H,5,8,13-15H2,1H3/t19-,20-/m1/s1. The molecule has 0 saturated carbocycles. The van der Waals surface area contributed by atoms with Crippen LogP contribution in [0.5, 0.6) is 0 Å². The maximum atomic E-state index is 12.4. The molecule has 1 amide bonds. The lowest BCUT2D eigenvalue weighted by molar-refractivity contribution is 0.0270. The largest absolute Gasteiger partial charge is 0.445 e. The molecule has 1 fully saturated rings. The maximum absolute atomic E-state index is 12.4. The highest BCUT2D eigenvalue weighted by atomic mass is 32.2. The van der Waals surface area contributed by atoms with Gasteiger partial charge in [0.1, 0.15) is 6.61 Å². The van der Waals surface area contributed by atoms with E-state index in [1.54, 1.807) is 12.1 Å². The molecule has 7 nitrogen and oxygen atoms in total. The van der Waals surface area contributed by atoms with E-state index < -0.39 is 35.0 Å². The number of benzene rings is 2. The van der Waals surface area contributed by atoms with Crippen molar-refractivity contribution in [1.29, 1.82) is 0 Å². The summed E-state index contributed by atoms with van der Waals surface area (Å²) in [5.41, 5.74) is 1.80. The Morgan fingerprint density at radius 2 is 1.86 bits per heavy atom. The van der Waals surface area contributed by atoms with Gasteiger partial charge in [-0.3, -0.25) is 4.18 Å². The van der Waals surface area contributed by atoms with Crippen LogP contribution in [0.2, 0.25) is 0 Å². The molecule has 8 heteroatoms. The minimum atomic E-state index is -3.98. The molecule has 156 valence electrons. The molecule has 29 heavy (non-hydrogen) atoms. The van der Waals surface area contributed by atoms with E-state index in [1.165, 1.54) is 17.0 Å². The van der Waals surface area contributed by atoms with E-state index in [9.17, 15) is 18.3 Å². The molecule has 2 atom stereocenters. The number of likely N-dealkylation sites (tertiary alicyclic amines) is 1. The van der Waals surface area contributed by atoms with E-state index in [4.69, 9.17) is 8.92 Å². The molecule has 0 bridgehead atoms. The molecule has 1 heterocycles. The van der Waals surface area contributed by atoms with Gasteiger partial charge in [0.2, 0.25) is 0 Å². The van der Waals surface area contributed by atoms with Gasteiger partial charge in [-0.05, 0) is 37.5 Å². The Kier molecular flexibility index (Phi) is 6.89. The van der Waals surface area contributed by atoms with Crippen LogP contribution in [0.3, 0.4) is 0 Å². The van der Waals surface area contributed by atoms with Crippen molar-refractivity contribution in [3.8, 4) is 0 Å². The van der Waals surface area contributed by atoms with Crippen LogP contribution in [-0.4, -0.2) is 49.8 Å². The lowest BCUT2D eigenvalue weighted by Crippen LogP contribution is -2.45. The van der Waals surface area contributed by atoms with Gasteiger partial charge >= 0.3 is 6.09 Å². The van der Waals surface area contributed by atoms with Crippen molar-refractivity contribution in [3.63, 3.8) is 0 Å². The van der Waals surface area contributed by atoms with Crippen molar-refractivity contribution in [1.82, 2.24) is 4.90 Å². The first-order valence-corrected chi connectivity index (χ1v) is 10.9. The summed E-state index contributed by atoms with van der Waals surface area (Å²) < 4.78 is 35.0. The van der Waals surface area contributed by atoms with E-state index in [2.05, 4.69) is 0 Å². The quantitative estimate of drug-likeness (QED) is 0.694. The number of ether oxygens (including phenoxy) is 1. The van der Waals surface area contributed by atoms with Crippen LogP contribution in [0.15, 0.2) is 59.5 Å². The smallest absolute Gasteiger partial charge is 0.410 e. The number of amides is 1. The summed E-state index contributed by atoms with van der Waals surface area (Å²) in [7, 11) is -3.98. The van der Waals surface area contributed by atoms with Gasteiger partial charge in [0.15, 0.2) is 0 Å². The number of rotatable bonds is 7. The van der Waals surface area contributed by atoms with Crippen LogP contribution in [0.4, 0.5) is 4.79 Å². The Morgan fingerprint density at radius 1 is 1.17 bits per heavy atom. The second kappa shape index (κ2) is 9.39. The third kappa shape index (κ3) is 5.56. The first-order valence-electron chi connectivity index (χ1n) is 9.48. The molecular weight excluding hydrogens is 394 g/mol. The summed E-state index contributed by atoms with van der Waals surface area (Å²) in [6.07, 6.45) is -0.415. The Balaban J connectivity index is 1.55. The Morgan fingerprint density at radius 3 is 2.55 bits per heavy atom. The van der Waals surface area contributed by atoms with Gasteiger partial charge in [-0.25, -0.2) is 4.79 Å². The molecule has 0 aliphatic carbocycles. The van der Waals surface area contributed by atoms with Gasteiger partial charge in [0, 0.05) is 6.54 Å². The minimum absolute atomic E-state index is 0.0286. The third-order valence-corrected chi connectivity index (χ3v) is 6.18. The predicted octanol–water partition coefficient (Wildman–Crippen LogP) is 2.86. The molecule has 1 aliphatic rings. The Labute approximate surface area is 171 Å². The maximum Gasteiger partial charge on any atom is 0.410 e. The van der Waals surface area contributed by atoms with E-state index in [0.29, 0.717) is 19.4 Å². The van der Waals surface area contributed by atoms with Crippen molar-refractivity contribution >= 4 is 16.2 Å². The second-order valence-corrected chi connectivity index (χ2v) is 8.68. The topological polar surface area (TPSA) is 93.1 Å². The molecule has 3 rings (SSSR count). The summed E-state index contributed by atoms with van der Waals surface area (Å²) >= 11 is 0. The van der Waals surface area contributed by atoms with Crippen molar-refractivity contribution in [2.75, 3.05) is 13.2 Å². The lowest BCUT2D eigenvalue weighted by Gasteiger charge is -2.27. The molecule has 0 aromatic heterocycles. The molecule has 1 N–H and O–H groups in total. The Bertz CT molecular complexity index is 914. The first kappa shape index (κ1) is 21.3. The number of aliphatic hydroxyl groups excluding tert-OH is 1. The number of aryl methyl sites for hydroxylation is 1. The van der Waals surface area contributed by atoms with E-state index in [1.807, 2.05) is 37.3 Å². The number of aliphatic hydroxyl groups is 1. The zero-order chi connectivity index (χ0) is 20.9. The molecule has 2 aromatic carbocycles. The van der Waals surface area contributed by atoms with E-state index >= 15 is 0 Å². The average molecular weight is 419 g/mol. The molecule has 1 aliphatic heterocycles. The summed E-state index contributed by atoms with van der Waals surface area (Å²) in [6.45, 7) is 2.01. The summed E-state index contributed by atoms with van der Waals surface area (Å²) in [5, 5.41) is 10.5. The van der Waals surface area contributed by atoms with Gasteiger partial charge in [-0.15, -0.1) is 0 Å². The fourth-order valence-corrected chi connectivity index (χ4v) is 4.19. The first-order chi connectivity index (χ1) is 13.9. The van der Waals surface area contributed by atoms with E-state index in [0.717, 1.165) is 11.1 Å². The highest BCUT2D eigenvalue weighted by Crippen LogP contribution is 2.23. The van der Waals surface area contributed by atoms with E-state index in [-0.39, 0.29) is 11.5 Å². The van der Waals surface area contributed by atoms with Gasteiger partial charge < -0.3 is 14.7 Å².